The minimum absolute atomic E-state index is 0.0157. The summed E-state index contributed by atoms with van der Waals surface area (Å²) in [6.07, 6.45) is 0.263. The summed E-state index contributed by atoms with van der Waals surface area (Å²) in [5.74, 6) is 0. The maximum atomic E-state index is 9.88. The Morgan fingerprint density at radius 3 is 2.21 bits per heavy atom. The molecule has 84 valence electrons. The number of aliphatic hydroxyl groups is 2. The predicted octanol–water partition coefficient (Wildman–Crippen LogP) is -2.62. The van der Waals surface area contributed by atoms with Gasteiger partial charge < -0.3 is 32.7 Å². The molecule has 0 amide bonds. The van der Waals surface area contributed by atoms with Gasteiger partial charge in [0.2, 0.25) is 0 Å². The molecule has 1 aliphatic rings. The fourth-order valence-corrected chi connectivity index (χ4v) is 2.21. The molecule has 4 unspecified atom stereocenters. The lowest BCUT2D eigenvalue weighted by atomic mass is 9.71. The van der Waals surface area contributed by atoms with Crippen molar-refractivity contribution in [3.05, 3.63) is 0 Å². The molecule has 0 spiro atoms. The lowest BCUT2D eigenvalue weighted by Crippen LogP contribution is -2.79. The first-order valence-corrected chi connectivity index (χ1v) is 4.60. The van der Waals surface area contributed by atoms with Crippen LogP contribution in [0.5, 0.6) is 0 Å². The maximum Gasteiger partial charge on any atom is 0.134 e. The van der Waals surface area contributed by atoms with Crippen molar-refractivity contribution in [1.29, 1.82) is 0 Å². The summed E-state index contributed by atoms with van der Waals surface area (Å²) in [4.78, 5) is 0. The molecule has 1 saturated carbocycles. The second-order valence-corrected chi connectivity index (χ2v) is 4.61. The Bertz CT molecular complexity index is 231. The number of hydrogen-bond donors (Lipinski definition) is 6. The van der Waals surface area contributed by atoms with Crippen LogP contribution in [0.4, 0.5) is 0 Å². The molecule has 0 saturated heterocycles. The summed E-state index contributed by atoms with van der Waals surface area (Å²) < 4.78 is 0. The lowest BCUT2D eigenvalue weighted by molar-refractivity contribution is -0.132. The van der Waals surface area contributed by atoms with Gasteiger partial charge in [0.25, 0.3) is 0 Å². The summed E-state index contributed by atoms with van der Waals surface area (Å²) in [6, 6.07) is -0.819. The summed E-state index contributed by atoms with van der Waals surface area (Å²) in [7, 11) is 1.62. The minimum atomic E-state index is -1.65. The molecule has 0 radical (unpaired) electrons. The van der Waals surface area contributed by atoms with E-state index in [-0.39, 0.29) is 12.8 Å². The van der Waals surface area contributed by atoms with Crippen LogP contribution >= 0.6 is 0 Å². The SMILES string of the molecule is CNC1(N)CC(C)(O)CC(N)(O)C1N. The van der Waals surface area contributed by atoms with Gasteiger partial charge in [0.05, 0.1) is 17.3 Å². The minimum Gasteiger partial charge on any atom is -0.390 e. The molecule has 1 aliphatic carbocycles. The van der Waals surface area contributed by atoms with Gasteiger partial charge in [-0.3, -0.25) is 0 Å². The molecular formula is C8H20N4O2. The molecule has 0 aromatic rings. The van der Waals surface area contributed by atoms with Crippen LogP contribution in [0.15, 0.2) is 0 Å². The van der Waals surface area contributed by atoms with Crippen LogP contribution < -0.4 is 22.5 Å². The monoisotopic (exact) mass is 204 g/mol. The Morgan fingerprint density at radius 1 is 1.29 bits per heavy atom. The van der Waals surface area contributed by atoms with Gasteiger partial charge >= 0.3 is 0 Å². The van der Waals surface area contributed by atoms with E-state index in [1.807, 2.05) is 0 Å². The van der Waals surface area contributed by atoms with Crippen LogP contribution in [0.3, 0.4) is 0 Å². The van der Waals surface area contributed by atoms with Gasteiger partial charge in [-0.1, -0.05) is 0 Å². The molecule has 0 aromatic carbocycles. The van der Waals surface area contributed by atoms with Gasteiger partial charge in [0.15, 0.2) is 0 Å². The molecule has 6 nitrogen and oxygen atoms in total. The van der Waals surface area contributed by atoms with Crippen molar-refractivity contribution in [2.24, 2.45) is 17.2 Å². The Hall–Kier alpha value is -0.240. The number of likely N-dealkylation sites (N-methyl/N-ethyl adjacent to an activating group) is 1. The highest BCUT2D eigenvalue weighted by molar-refractivity contribution is 5.10. The molecule has 1 rings (SSSR count). The third kappa shape index (κ3) is 1.90. The van der Waals surface area contributed by atoms with Gasteiger partial charge in [0, 0.05) is 12.8 Å². The van der Waals surface area contributed by atoms with Gasteiger partial charge in [-0.15, -0.1) is 0 Å². The van der Waals surface area contributed by atoms with E-state index in [2.05, 4.69) is 5.32 Å². The topological polar surface area (TPSA) is 131 Å². The van der Waals surface area contributed by atoms with Crippen molar-refractivity contribution >= 4 is 0 Å². The molecule has 4 atom stereocenters. The summed E-state index contributed by atoms with van der Waals surface area (Å²) in [5.41, 5.74) is 13.4. The molecule has 14 heavy (non-hydrogen) atoms. The second-order valence-electron chi connectivity index (χ2n) is 4.61. The van der Waals surface area contributed by atoms with Crippen LogP contribution in [0, 0.1) is 0 Å². The highest BCUT2D eigenvalue weighted by Gasteiger charge is 2.54. The summed E-state index contributed by atoms with van der Waals surface area (Å²) >= 11 is 0. The smallest absolute Gasteiger partial charge is 0.134 e. The van der Waals surface area contributed by atoms with Crippen molar-refractivity contribution < 1.29 is 10.2 Å². The average Bonchev–Trinajstić information content (AvgIpc) is 1.98. The zero-order valence-electron chi connectivity index (χ0n) is 8.62. The Morgan fingerprint density at radius 2 is 1.79 bits per heavy atom. The highest BCUT2D eigenvalue weighted by atomic mass is 16.3. The van der Waals surface area contributed by atoms with Gasteiger partial charge in [-0.2, -0.15) is 0 Å². The molecule has 6 heteroatoms. The van der Waals surface area contributed by atoms with E-state index in [1.165, 1.54) is 0 Å². The molecule has 0 bridgehead atoms. The quantitative estimate of drug-likeness (QED) is 0.259. The summed E-state index contributed by atoms with van der Waals surface area (Å²) in [6.45, 7) is 1.58. The second kappa shape index (κ2) is 3.13. The third-order valence-corrected chi connectivity index (χ3v) is 2.90. The van der Waals surface area contributed by atoms with E-state index in [9.17, 15) is 10.2 Å². The largest absolute Gasteiger partial charge is 0.390 e. The Labute approximate surface area is 83.4 Å². The summed E-state index contributed by atoms with van der Waals surface area (Å²) in [5, 5.41) is 22.5. The first-order valence-electron chi connectivity index (χ1n) is 4.60. The van der Waals surface area contributed by atoms with Crippen LogP contribution in [0.25, 0.3) is 0 Å². The van der Waals surface area contributed by atoms with Crippen molar-refractivity contribution in [3.8, 4) is 0 Å². The van der Waals surface area contributed by atoms with E-state index >= 15 is 0 Å². The predicted molar refractivity (Wildman–Crippen MR) is 52.9 cm³/mol. The normalized spacial score (nSPS) is 54.6. The van der Waals surface area contributed by atoms with Crippen LogP contribution in [0.2, 0.25) is 0 Å². The average molecular weight is 204 g/mol. The number of rotatable bonds is 1. The standard InChI is InChI=1S/C8H20N4O2/c1-6(13)3-7(10,12-2)5(9)8(11,14)4-6/h5,12-14H,3-4,9-11H2,1-2H3. The number of nitrogens with two attached hydrogens (primary N) is 3. The molecular weight excluding hydrogens is 184 g/mol. The molecule has 9 N–H and O–H groups in total. The van der Waals surface area contributed by atoms with Crippen molar-refractivity contribution in [3.63, 3.8) is 0 Å². The van der Waals surface area contributed by atoms with Crippen molar-refractivity contribution in [1.82, 2.24) is 5.32 Å². The van der Waals surface area contributed by atoms with Crippen LogP contribution in [-0.2, 0) is 0 Å². The van der Waals surface area contributed by atoms with E-state index in [0.29, 0.717) is 0 Å². The van der Waals surface area contributed by atoms with E-state index in [0.717, 1.165) is 0 Å². The highest BCUT2D eigenvalue weighted by Crippen LogP contribution is 2.35. The number of hydrogen-bond acceptors (Lipinski definition) is 6. The zero-order chi connectivity index (χ0) is 11.2. The van der Waals surface area contributed by atoms with Crippen LogP contribution in [-0.4, -0.2) is 40.3 Å². The van der Waals surface area contributed by atoms with Crippen molar-refractivity contribution in [2.75, 3.05) is 7.05 Å². The molecule has 0 heterocycles. The van der Waals surface area contributed by atoms with Gasteiger partial charge in [-0.25, -0.2) is 0 Å². The molecule has 0 aliphatic heterocycles. The Balaban J connectivity index is 3.00. The fourth-order valence-electron chi connectivity index (χ4n) is 2.21. The zero-order valence-corrected chi connectivity index (χ0v) is 8.62. The van der Waals surface area contributed by atoms with E-state index < -0.39 is 23.0 Å². The first-order chi connectivity index (χ1) is 6.13. The molecule has 0 aromatic heterocycles. The van der Waals surface area contributed by atoms with Crippen molar-refractivity contribution in [2.45, 2.75) is 42.8 Å². The van der Waals surface area contributed by atoms with Gasteiger partial charge in [-0.05, 0) is 14.0 Å². The fraction of sp³-hybridized carbons (Fsp3) is 1.00. The van der Waals surface area contributed by atoms with Gasteiger partial charge in [0.1, 0.15) is 5.72 Å². The van der Waals surface area contributed by atoms with E-state index in [4.69, 9.17) is 17.2 Å². The Kier molecular flexibility index (Phi) is 2.64. The van der Waals surface area contributed by atoms with E-state index in [1.54, 1.807) is 14.0 Å². The van der Waals surface area contributed by atoms with Crippen LogP contribution in [0.1, 0.15) is 19.8 Å². The third-order valence-electron chi connectivity index (χ3n) is 2.90. The molecule has 1 fully saturated rings. The maximum absolute atomic E-state index is 9.88. The lowest BCUT2D eigenvalue weighted by Gasteiger charge is -2.52. The first kappa shape index (κ1) is 11.8. The number of nitrogens with one attached hydrogen (secondary N) is 1.